The lowest BCUT2D eigenvalue weighted by atomic mass is 9.93. The summed E-state index contributed by atoms with van der Waals surface area (Å²) in [4.78, 5) is 18.4. The zero-order valence-electron chi connectivity index (χ0n) is 19.6. The number of hydrogen-bond acceptors (Lipinski definition) is 8. The number of alkyl halides is 3. The lowest BCUT2D eigenvalue weighted by Gasteiger charge is -2.33. The predicted molar refractivity (Wildman–Crippen MR) is 128 cm³/mol. The topological polar surface area (TPSA) is 114 Å². The normalized spacial score (nSPS) is 17.2. The number of fused-ring (bicyclic) bond motifs is 1. The highest BCUT2D eigenvalue weighted by atomic mass is 35.5. The highest BCUT2D eigenvalue weighted by molar-refractivity contribution is 7.87. The molecule has 0 radical (unpaired) electrons. The standard InChI is InChI=1S/C21H21ClF3N9O2S/c1-31(2)37(35,36)34-19(22)14(8-29-34)13-4-3-7-32(11-13)17-5-6-26-20(30-17)15-9-28-18-10-27-16(12-33(15)18)21(23,24)25/h5-6,8-10,12-13H,3-4,7,11H2,1-2H3. The van der Waals surface area contributed by atoms with Gasteiger partial charge >= 0.3 is 16.4 Å². The molecule has 0 N–H and O–H groups in total. The van der Waals surface area contributed by atoms with Crippen molar-refractivity contribution in [3.63, 3.8) is 0 Å². The van der Waals surface area contributed by atoms with Crippen molar-refractivity contribution in [2.24, 2.45) is 0 Å². The molecule has 4 aromatic rings. The van der Waals surface area contributed by atoms with Gasteiger partial charge in [0.05, 0.1) is 18.6 Å². The molecule has 0 amide bonds. The highest BCUT2D eigenvalue weighted by Gasteiger charge is 2.33. The predicted octanol–water partition coefficient (Wildman–Crippen LogP) is 3.09. The summed E-state index contributed by atoms with van der Waals surface area (Å²) in [5.41, 5.74) is 0.0777. The SMILES string of the molecule is CN(C)S(=O)(=O)n1ncc(C2CCCN(c3ccnc(-c4cnc5cnc(C(F)(F)F)cn45)n3)C2)c1Cl. The lowest BCUT2D eigenvalue weighted by molar-refractivity contribution is -0.141. The van der Waals surface area contributed by atoms with Gasteiger partial charge in [-0.2, -0.15) is 31.0 Å². The third-order valence-electron chi connectivity index (χ3n) is 6.13. The van der Waals surface area contributed by atoms with Gasteiger partial charge in [0.15, 0.2) is 17.2 Å². The van der Waals surface area contributed by atoms with Gasteiger partial charge in [0.1, 0.15) is 16.7 Å². The fourth-order valence-corrected chi connectivity index (χ4v) is 5.50. The van der Waals surface area contributed by atoms with Crippen molar-refractivity contribution in [1.82, 2.24) is 37.8 Å². The summed E-state index contributed by atoms with van der Waals surface area (Å²) in [5, 5.41) is 4.03. The number of imidazole rings is 1. The Morgan fingerprint density at radius 1 is 1.14 bits per heavy atom. The molecule has 0 aliphatic carbocycles. The molecule has 16 heteroatoms. The van der Waals surface area contributed by atoms with Gasteiger partial charge < -0.3 is 4.90 Å². The van der Waals surface area contributed by atoms with Gasteiger partial charge in [0, 0.05) is 51.1 Å². The molecule has 196 valence electrons. The first-order valence-electron chi connectivity index (χ1n) is 11.1. The number of anilines is 1. The Balaban J connectivity index is 1.44. The minimum Gasteiger partial charge on any atom is -0.356 e. The van der Waals surface area contributed by atoms with Crippen LogP contribution in [0, 0.1) is 0 Å². The Kier molecular flexibility index (Phi) is 6.32. The second-order valence-electron chi connectivity index (χ2n) is 8.69. The average molecular weight is 556 g/mol. The summed E-state index contributed by atoms with van der Waals surface area (Å²) < 4.78 is 67.6. The van der Waals surface area contributed by atoms with E-state index in [0.29, 0.717) is 24.5 Å². The molecular formula is C21H21ClF3N9O2S. The van der Waals surface area contributed by atoms with Crippen LogP contribution in [0.5, 0.6) is 0 Å². The van der Waals surface area contributed by atoms with Gasteiger partial charge in [0.2, 0.25) is 0 Å². The fraction of sp³-hybridized carbons (Fsp3) is 0.381. The van der Waals surface area contributed by atoms with E-state index in [2.05, 4.69) is 25.0 Å². The molecule has 1 aliphatic rings. The van der Waals surface area contributed by atoms with Crippen LogP contribution >= 0.6 is 11.6 Å². The van der Waals surface area contributed by atoms with Crippen molar-refractivity contribution in [2.75, 3.05) is 32.1 Å². The first-order valence-corrected chi connectivity index (χ1v) is 12.9. The number of hydrogen-bond donors (Lipinski definition) is 0. The van der Waals surface area contributed by atoms with E-state index in [0.717, 1.165) is 33.6 Å². The first kappa shape index (κ1) is 25.4. The number of halogens is 4. The summed E-state index contributed by atoms with van der Waals surface area (Å²) >= 11 is 6.43. The molecule has 1 fully saturated rings. The van der Waals surface area contributed by atoms with Gasteiger partial charge in [-0.05, 0) is 18.9 Å². The zero-order valence-corrected chi connectivity index (χ0v) is 21.2. The van der Waals surface area contributed by atoms with Crippen LogP contribution in [0.3, 0.4) is 0 Å². The summed E-state index contributed by atoms with van der Waals surface area (Å²) in [6.07, 6.45) is 3.24. The van der Waals surface area contributed by atoms with Crippen LogP contribution in [0.1, 0.15) is 30.0 Å². The number of rotatable bonds is 5. The maximum Gasteiger partial charge on any atom is 0.434 e. The van der Waals surface area contributed by atoms with Crippen LogP contribution in [-0.4, -0.2) is 73.4 Å². The van der Waals surface area contributed by atoms with E-state index in [1.807, 2.05) is 4.90 Å². The van der Waals surface area contributed by atoms with Crippen LogP contribution in [0.2, 0.25) is 5.15 Å². The van der Waals surface area contributed by atoms with Gasteiger partial charge in [-0.1, -0.05) is 11.6 Å². The third-order valence-corrected chi connectivity index (χ3v) is 8.24. The van der Waals surface area contributed by atoms with Crippen molar-refractivity contribution in [1.29, 1.82) is 0 Å². The summed E-state index contributed by atoms with van der Waals surface area (Å²) in [6, 6.07) is 1.71. The molecule has 5 rings (SSSR count). The van der Waals surface area contributed by atoms with Crippen molar-refractivity contribution < 1.29 is 21.6 Å². The Morgan fingerprint density at radius 3 is 2.65 bits per heavy atom. The first-order chi connectivity index (χ1) is 17.5. The Labute approximate surface area is 214 Å². The van der Waals surface area contributed by atoms with Crippen LogP contribution in [-0.2, 0) is 16.4 Å². The van der Waals surface area contributed by atoms with Crippen molar-refractivity contribution in [2.45, 2.75) is 24.9 Å². The molecule has 0 spiro atoms. The molecule has 11 nitrogen and oxygen atoms in total. The van der Waals surface area contributed by atoms with E-state index in [-0.39, 0.29) is 28.2 Å². The monoisotopic (exact) mass is 555 g/mol. The van der Waals surface area contributed by atoms with E-state index in [4.69, 9.17) is 11.6 Å². The minimum atomic E-state index is -4.61. The van der Waals surface area contributed by atoms with Gasteiger partial charge in [-0.3, -0.25) is 4.40 Å². The highest BCUT2D eigenvalue weighted by Crippen LogP contribution is 2.34. The van der Waals surface area contributed by atoms with Gasteiger partial charge in [-0.25, -0.2) is 19.9 Å². The quantitative estimate of drug-likeness (QED) is 0.369. The van der Waals surface area contributed by atoms with E-state index in [1.54, 1.807) is 6.07 Å². The van der Waals surface area contributed by atoms with Gasteiger partial charge in [0.25, 0.3) is 0 Å². The smallest absolute Gasteiger partial charge is 0.356 e. The lowest BCUT2D eigenvalue weighted by Crippen LogP contribution is -2.35. The molecule has 4 aromatic heterocycles. The average Bonchev–Trinajstić information content (AvgIpc) is 3.47. The molecule has 1 saturated heterocycles. The molecular weight excluding hydrogens is 535 g/mol. The van der Waals surface area contributed by atoms with Crippen LogP contribution in [0.4, 0.5) is 19.0 Å². The van der Waals surface area contributed by atoms with Gasteiger partial charge in [-0.15, -0.1) is 4.09 Å². The van der Waals surface area contributed by atoms with Crippen LogP contribution < -0.4 is 4.90 Å². The number of piperidine rings is 1. The molecule has 1 aliphatic heterocycles. The van der Waals surface area contributed by atoms with E-state index in [9.17, 15) is 21.6 Å². The van der Waals surface area contributed by atoms with Crippen LogP contribution in [0.15, 0.2) is 37.1 Å². The molecule has 37 heavy (non-hydrogen) atoms. The molecule has 0 bridgehead atoms. The second-order valence-corrected chi connectivity index (χ2v) is 11.0. The second kappa shape index (κ2) is 9.22. The maximum absolute atomic E-state index is 13.2. The maximum atomic E-state index is 13.2. The summed E-state index contributed by atoms with van der Waals surface area (Å²) in [5.74, 6) is 0.663. The zero-order chi connectivity index (χ0) is 26.5. The van der Waals surface area contributed by atoms with Crippen LogP contribution in [0.25, 0.3) is 17.2 Å². The summed E-state index contributed by atoms with van der Waals surface area (Å²) in [6.45, 7) is 1.16. The Bertz CT molecular complexity index is 1570. The molecule has 1 atom stereocenters. The summed E-state index contributed by atoms with van der Waals surface area (Å²) in [7, 11) is -1.07. The molecule has 0 aromatic carbocycles. The molecule has 0 saturated carbocycles. The minimum absolute atomic E-state index is 0.0312. The van der Waals surface area contributed by atoms with Crippen molar-refractivity contribution in [3.8, 4) is 11.5 Å². The molecule has 1 unspecified atom stereocenters. The fourth-order valence-electron chi connectivity index (χ4n) is 4.21. The largest absolute Gasteiger partial charge is 0.434 e. The Hall–Kier alpha value is -3.30. The van der Waals surface area contributed by atoms with E-state index < -0.39 is 22.1 Å². The third kappa shape index (κ3) is 4.62. The van der Waals surface area contributed by atoms with Crippen molar-refractivity contribution in [3.05, 3.63) is 53.5 Å². The van der Waals surface area contributed by atoms with E-state index >= 15 is 0 Å². The van der Waals surface area contributed by atoms with E-state index in [1.165, 1.54) is 37.1 Å². The molecule has 5 heterocycles. The number of nitrogens with zero attached hydrogens (tertiary/aromatic N) is 9. The van der Waals surface area contributed by atoms with Crippen molar-refractivity contribution >= 4 is 33.3 Å². The Morgan fingerprint density at radius 2 is 1.92 bits per heavy atom. The number of aromatic nitrogens is 7.